The van der Waals surface area contributed by atoms with Crippen molar-refractivity contribution >= 4 is 5.96 Å². The van der Waals surface area contributed by atoms with Gasteiger partial charge in [-0.2, -0.15) is 0 Å². The van der Waals surface area contributed by atoms with Gasteiger partial charge in [-0.05, 0) is 25.0 Å². The highest BCUT2D eigenvalue weighted by Gasteiger charge is 2.42. The van der Waals surface area contributed by atoms with Crippen molar-refractivity contribution in [1.29, 1.82) is 0 Å². The standard InChI is InChI=1S/C16H24N4O2/c1-17-15(19-7-10-22-14-3-2-6-18-11-14)20-8-4-16(12-20)5-9-21-13-16/h2-3,6,11H,4-5,7-10,12-13H2,1H3,(H,17,19). The third kappa shape index (κ3) is 3.50. The molecule has 0 radical (unpaired) electrons. The van der Waals surface area contributed by atoms with Crippen LogP contribution in [0.25, 0.3) is 0 Å². The number of hydrogen-bond acceptors (Lipinski definition) is 4. The van der Waals surface area contributed by atoms with Crippen LogP contribution < -0.4 is 10.1 Å². The molecule has 22 heavy (non-hydrogen) atoms. The van der Waals surface area contributed by atoms with E-state index >= 15 is 0 Å². The highest BCUT2D eigenvalue weighted by molar-refractivity contribution is 5.80. The van der Waals surface area contributed by atoms with E-state index in [-0.39, 0.29) is 0 Å². The first kappa shape index (κ1) is 15.1. The molecule has 3 heterocycles. The SMILES string of the molecule is CN=C(NCCOc1cccnc1)N1CCC2(CCOC2)C1. The zero-order valence-electron chi connectivity index (χ0n) is 13.1. The Morgan fingerprint density at radius 1 is 1.55 bits per heavy atom. The van der Waals surface area contributed by atoms with Crippen LogP contribution in [0.1, 0.15) is 12.8 Å². The van der Waals surface area contributed by atoms with Gasteiger partial charge in [0, 0.05) is 38.4 Å². The summed E-state index contributed by atoms with van der Waals surface area (Å²) < 4.78 is 11.2. The molecular formula is C16H24N4O2. The molecule has 1 aromatic heterocycles. The summed E-state index contributed by atoms with van der Waals surface area (Å²) in [6.07, 6.45) is 5.83. The molecule has 2 aliphatic heterocycles. The lowest BCUT2D eigenvalue weighted by Gasteiger charge is -2.24. The maximum atomic E-state index is 5.64. The molecule has 3 rings (SSSR count). The van der Waals surface area contributed by atoms with E-state index in [0.717, 1.165) is 44.6 Å². The van der Waals surface area contributed by atoms with Crippen LogP contribution >= 0.6 is 0 Å². The number of rotatable bonds is 4. The molecular weight excluding hydrogens is 280 g/mol. The van der Waals surface area contributed by atoms with Crippen LogP contribution in [0.15, 0.2) is 29.5 Å². The second-order valence-corrected chi connectivity index (χ2v) is 5.99. The molecule has 6 nitrogen and oxygen atoms in total. The molecule has 0 bridgehead atoms. The Hall–Kier alpha value is -1.82. The first-order chi connectivity index (χ1) is 10.8. The van der Waals surface area contributed by atoms with Crippen molar-refractivity contribution in [1.82, 2.24) is 15.2 Å². The molecule has 0 saturated carbocycles. The Morgan fingerprint density at radius 2 is 2.50 bits per heavy atom. The van der Waals surface area contributed by atoms with Crippen molar-refractivity contribution in [3.8, 4) is 5.75 Å². The second-order valence-electron chi connectivity index (χ2n) is 5.99. The fraction of sp³-hybridized carbons (Fsp3) is 0.625. The molecule has 6 heteroatoms. The fourth-order valence-corrected chi connectivity index (χ4v) is 3.18. The van der Waals surface area contributed by atoms with Gasteiger partial charge >= 0.3 is 0 Å². The first-order valence-corrected chi connectivity index (χ1v) is 7.88. The lowest BCUT2D eigenvalue weighted by molar-refractivity contribution is 0.156. The van der Waals surface area contributed by atoms with Crippen LogP contribution in [0.5, 0.6) is 5.75 Å². The van der Waals surface area contributed by atoms with Gasteiger partial charge in [-0.25, -0.2) is 0 Å². The number of aliphatic imine (C=N–C) groups is 1. The number of nitrogens with zero attached hydrogens (tertiary/aromatic N) is 3. The Morgan fingerprint density at radius 3 is 3.23 bits per heavy atom. The van der Waals surface area contributed by atoms with E-state index in [9.17, 15) is 0 Å². The minimum atomic E-state index is 0.351. The summed E-state index contributed by atoms with van der Waals surface area (Å²) in [6.45, 7) is 5.19. The van der Waals surface area contributed by atoms with Gasteiger partial charge in [0.1, 0.15) is 12.4 Å². The van der Waals surface area contributed by atoms with Crippen molar-refractivity contribution in [2.24, 2.45) is 10.4 Å². The maximum absolute atomic E-state index is 5.64. The van der Waals surface area contributed by atoms with Gasteiger partial charge in [-0.3, -0.25) is 9.98 Å². The van der Waals surface area contributed by atoms with E-state index < -0.39 is 0 Å². The molecule has 1 unspecified atom stereocenters. The summed E-state index contributed by atoms with van der Waals surface area (Å²) in [5.41, 5.74) is 0.351. The number of ether oxygens (including phenoxy) is 2. The van der Waals surface area contributed by atoms with Crippen molar-refractivity contribution in [3.63, 3.8) is 0 Å². The molecule has 1 N–H and O–H groups in total. The molecule has 1 atom stereocenters. The van der Waals surface area contributed by atoms with Crippen molar-refractivity contribution in [3.05, 3.63) is 24.5 Å². The number of nitrogens with one attached hydrogen (secondary N) is 1. The minimum absolute atomic E-state index is 0.351. The molecule has 2 saturated heterocycles. The molecule has 1 aromatic rings. The third-order valence-electron chi connectivity index (χ3n) is 4.42. The second kappa shape index (κ2) is 6.96. The number of hydrogen-bond donors (Lipinski definition) is 1. The topological polar surface area (TPSA) is 59.0 Å². The van der Waals surface area contributed by atoms with E-state index in [2.05, 4.69) is 20.2 Å². The largest absolute Gasteiger partial charge is 0.490 e. The zero-order valence-corrected chi connectivity index (χ0v) is 13.1. The van der Waals surface area contributed by atoms with Gasteiger partial charge in [-0.1, -0.05) is 0 Å². The average Bonchev–Trinajstić information content (AvgIpc) is 3.19. The quantitative estimate of drug-likeness (QED) is 0.514. The Labute approximate surface area is 131 Å². The zero-order chi connectivity index (χ0) is 15.3. The van der Waals surface area contributed by atoms with E-state index in [1.807, 2.05) is 19.2 Å². The van der Waals surface area contributed by atoms with Gasteiger partial charge < -0.3 is 19.7 Å². The molecule has 2 aliphatic rings. The van der Waals surface area contributed by atoms with Crippen LogP contribution in [0.3, 0.4) is 0 Å². The normalized spacial score (nSPS) is 25.0. The predicted octanol–water partition coefficient (Wildman–Crippen LogP) is 1.15. The number of pyridine rings is 1. The number of aromatic nitrogens is 1. The molecule has 0 amide bonds. The summed E-state index contributed by atoms with van der Waals surface area (Å²) in [5.74, 6) is 1.75. The van der Waals surface area contributed by atoms with E-state index in [4.69, 9.17) is 9.47 Å². The van der Waals surface area contributed by atoms with Gasteiger partial charge in [0.15, 0.2) is 5.96 Å². The highest BCUT2D eigenvalue weighted by atomic mass is 16.5. The average molecular weight is 304 g/mol. The third-order valence-corrected chi connectivity index (χ3v) is 4.42. The van der Waals surface area contributed by atoms with E-state index in [1.54, 1.807) is 12.4 Å². The van der Waals surface area contributed by atoms with Gasteiger partial charge in [0.2, 0.25) is 0 Å². The Kier molecular flexibility index (Phi) is 4.77. The van der Waals surface area contributed by atoms with Gasteiger partial charge in [0.25, 0.3) is 0 Å². The molecule has 1 spiro atoms. The van der Waals surface area contributed by atoms with Crippen LogP contribution in [-0.2, 0) is 4.74 Å². The molecule has 2 fully saturated rings. The van der Waals surface area contributed by atoms with Crippen molar-refractivity contribution in [2.75, 3.05) is 46.5 Å². The summed E-state index contributed by atoms with van der Waals surface area (Å²) in [4.78, 5) is 10.8. The van der Waals surface area contributed by atoms with Crippen LogP contribution in [0.4, 0.5) is 0 Å². The lowest BCUT2D eigenvalue weighted by atomic mass is 9.87. The van der Waals surface area contributed by atoms with Gasteiger partial charge in [-0.15, -0.1) is 0 Å². The molecule has 0 aliphatic carbocycles. The molecule has 0 aromatic carbocycles. The summed E-state index contributed by atoms with van der Waals surface area (Å²) in [7, 11) is 1.83. The number of likely N-dealkylation sites (tertiary alicyclic amines) is 1. The van der Waals surface area contributed by atoms with Crippen LogP contribution in [-0.4, -0.2) is 62.3 Å². The Balaban J connectivity index is 1.43. The van der Waals surface area contributed by atoms with Crippen LogP contribution in [0, 0.1) is 5.41 Å². The summed E-state index contributed by atoms with van der Waals surface area (Å²) in [6, 6.07) is 3.78. The smallest absolute Gasteiger partial charge is 0.193 e. The van der Waals surface area contributed by atoms with E-state index in [0.29, 0.717) is 12.0 Å². The van der Waals surface area contributed by atoms with Crippen LogP contribution in [0.2, 0.25) is 0 Å². The lowest BCUT2D eigenvalue weighted by Crippen LogP contribution is -2.42. The maximum Gasteiger partial charge on any atom is 0.193 e. The Bertz CT molecular complexity index is 500. The number of guanidine groups is 1. The first-order valence-electron chi connectivity index (χ1n) is 7.88. The van der Waals surface area contributed by atoms with Crippen molar-refractivity contribution in [2.45, 2.75) is 12.8 Å². The van der Waals surface area contributed by atoms with E-state index in [1.165, 1.54) is 12.8 Å². The monoisotopic (exact) mass is 304 g/mol. The predicted molar refractivity (Wildman–Crippen MR) is 85.2 cm³/mol. The summed E-state index contributed by atoms with van der Waals surface area (Å²) in [5, 5.41) is 3.38. The highest BCUT2D eigenvalue weighted by Crippen LogP contribution is 2.38. The van der Waals surface area contributed by atoms with Crippen molar-refractivity contribution < 1.29 is 9.47 Å². The summed E-state index contributed by atoms with van der Waals surface area (Å²) >= 11 is 0. The fourth-order valence-electron chi connectivity index (χ4n) is 3.18. The molecule has 120 valence electrons. The minimum Gasteiger partial charge on any atom is -0.490 e. The van der Waals surface area contributed by atoms with Gasteiger partial charge in [0.05, 0.1) is 19.3 Å².